The van der Waals surface area contributed by atoms with Crippen molar-refractivity contribution in [3.8, 4) is 0 Å². The van der Waals surface area contributed by atoms with E-state index in [0.717, 1.165) is 46.4 Å². The van der Waals surface area contributed by atoms with Gasteiger partial charge in [-0.05, 0) is 61.4 Å². The van der Waals surface area contributed by atoms with Crippen molar-refractivity contribution in [2.24, 2.45) is 5.92 Å². The van der Waals surface area contributed by atoms with Gasteiger partial charge in [-0.2, -0.15) is 0 Å². The number of nitrogens with one attached hydrogen (secondary N) is 2. The number of halogens is 1. The molecule has 0 atom stereocenters. The molecule has 0 aliphatic heterocycles. The van der Waals surface area contributed by atoms with Crippen molar-refractivity contribution in [2.75, 3.05) is 16.4 Å². The maximum absolute atomic E-state index is 12.3. The molecule has 2 amide bonds. The first-order valence-electron chi connectivity index (χ1n) is 9.19. The molecule has 6 heteroatoms. The summed E-state index contributed by atoms with van der Waals surface area (Å²) in [5.41, 5.74) is 1.60. The largest absolute Gasteiger partial charge is 0.326 e. The van der Waals surface area contributed by atoms with Gasteiger partial charge in [0.2, 0.25) is 11.8 Å². The van der Waals surface area contributed by atoms with Crippen LogP contribution in [0.3, 0.4) is 0 Å². The average molecular weight is 447 g/mol. The van der Waals surface area contributed by atoms with Crippen LogP contribution in [0.2, 0.25) is 0 Å². The third-order valence-electron chi connectivity index (χ3n) is 4.60. The monoisotopic (exact) mass is 446 g/mol. The van der Waals surface area contributed by atoms with Gasteiger partial charge in [0.15, 0.2) is 0 Å². The molecule has 0 heterocycles. The second-order valence-corrected chi connectivity index (χ2v) is 8.66. The molecule has 142 valence electrons. The summed E-state index contributed by atoms with van der Waals surface area (Å²) in [4.78, 5) is 25.3. The Balaban J connectivity index is 1.45. The van der Waals surface area contributed by atoms with Crippen molar-refractivity contribution in [3.63, 3.8) is 0 Å². The fourth-order valence-electron chi connectivity index (χ4n) is 3.12. The second-order valence-electron chi connectivity index (χ2n) is 6.69. The van der Waals surface area contributed by atoms with E-state index in [2.05, 4.69) is 26.6 Å². The Hall–Kier alpha value is -1.79. The molecule has 0 unspecified atom stereocenters. The summed E-state index contributed by atoms with van der Waals surface area (Å²) in [6.45, 7) is 0. The predicted octanol–water partition coefficient (Wildman–Crippen LogP) is 5.70. The van der Waals surface area contributed by atoms with Crippen LogP contribution in [0.5, 0.6) is 0 Å². The van der Waals surface area contributed by atoms with Gasteiger partial charge >= 0.3 is 0 Å². The smallest absolute Gasteiger partial charge is 0.234 e. The predicted molar refractivity (Wildman–Crippen MR) is 115 cm³/mol. The molecule has 0 saturated heterocycles. The number of hydrogen-bond donors (Lipinski definition) is 2. The minimum absolute atomic E-state index is 0.0444. The van der Waals surface area contributed by atoms with Crippen LogP contribution in [0.4, 0.5) is 11.4 Å². The number of carbonyl (C=O) groups is 2. The Morgan fingerprint density at radius 3 is 2.15 bits per heavy atom. The summed E-state index contributed by atoms with van der Waals surface area (Å²) in [6.07, 6.45) is 5.53. The highest BCUT2D eigenvalue weighted by atomic mass is 79.9. The number of hydrogen-bond acceptors (Lipinski definition) is 3. The third kappa shape index (κ3) is 6.40. The van der Waals surface area contributed by atoms with Crippen LogP contribution in [0, 0.1) is 5.92 Å². The summed E-state index contributed by atoms with van der Waals surface area (Å²) in [7, 11) is 0. The molecular formula is C21H23BrN2O2S. The van der Waals surface area contributed by atoms with Gasteiger partial charge < -0.3 is 10.6 Å². The molecule has 0 spiro atoms. The molecule has 27 heavy (non-hydrogen) atoms. The molecule has 0 radical (unpaired) electrons. The van der Waals surface area contributed by atoms with E-state index in [1.807, 2.05) is 48.5 Å². The number of anilines is 2. The van der Waals surface area contributed by atoms with E-state index < -0.39 is 0 Å². The van der Waals surface area contributed by atoms with E-state index in [-0.39, 0.29) is 17.7 Å². The fourth-order valence-corrected chi connectivity index (χ4v) is 4.09. The Morgan fingerprint density at radius 2 is 1.48 bits per heavy atom. The molecule has 3 rings (SSSR count). The highest BCUT2D eigenvalue weighted by Gasteiger charge is 2.20. The summed E-state index contributed by atoms with van der Waals surface area (Å²) in [5.74, 6) is 0.570. The van der Waals surface area contributed by atoms with Crippen molar-refractivity contribution in [1.82, 2.24) is 0 Å². The summed E-state index contributed by atoms with van der Waals surface area (Å²) < 4.78 is 0.977. The zero-order chi connectivity index (χ0) is 19.1. The highest BCUT2D eigenvalue weighted by molar-refractivity contribution is 9.10. The normalized spacial score (nSPS) is 14.6. The van der Waals surface area contributed by atoms with Gasteiger partial charge in [0.1, 0.15) is 0 Å². The number of rotatable bonds is 6. The lowest BCUT2D eigenvalue weighted by Gasteiger charge is -2.20. The molecular weight excluding hydrogens is 424 g/mol. The lowest BCUT2D eigenvalue weighted by atomic mass is 9.88. The summed E-state index contributed by atoms with van der Waals surface area (Å²) in [5, 5.41) is 5.89. The average Bonchev–Trinajstić information content (AvgIpc) is 2.70. The van der Waals surface area contributed by atoms with Crippen LogP contribution in [-0.2, 0) is 9.59 Å². The van der Waals surface area contributed by atoms with Crippen LogP contribution in [0.25, 0.3) is 0 Å². The van der Waals surface area contributed by atoms with Crippen molar-refractivity contribution >= 4 is 50.9 Å². The quantitative estimate of drug-likeness (QED) is 0.559. The Bertz CT molecular complexity index is 772. The first kappa shape index (κ1) is 20.0. The van der Waals surface area contributed by atoms with Crippen molar-refractivity contribution in [1.29, 1.82) is 0 Å². The van der Waals surface area contributed by atoms with Crippen LogP contribution < -0.4 is 10.6 Å². The number of thioether (sulfide) groups is 1. The van der Waals surface area contributed by atoms with Gasteiger partial charge in [-0.25, -0.2) is 0 Å². The number of amides is 2. The topological polar surface area (TPSA) is 58.2 Å². The Morgan fingerprint density at radius 1 is 0.889 bits per heavy atom. The first-order chi connectivity index (χ1) is 13.1. The minimum atomic E-state index is -0.0444. The Kier molecular flexibility index (Phi) is 7.35. The highest BCUT2D eigenvalue weighted by Crippen LogP contribution is 2.26. The molecule has 0 bridgehead atoms. The molecule has 1 aliphatic carbocycles. The molecule has 1 aliphatic rings. The number of carbonyl (C=O) groups excluding carboxylic acids is 2. The SMILES string of the molecule is O=C(CSc1ccc(NC(=O)C2CCCCC2)cc1)Nc1ccc(Br)cc1. The third-order valence-corrected chi connectivity index (χ3v) is 6.14. The minimum Gasteiger partial charge on any atom is -0.326 e. The molecule has 2 N–H and O–H groups in total. The lowest BCUT2D eigenvalue weighted by molar-refractivity contribution is -0.120. The van der Waals surface area contributed by atoms with Crippen molar-refractivity contribution < 1.29 is 9.59 Å². The van der Waals surface area contributed by atoms with Gasteiger partial charge in [-0.1, -0.05) is 35.2 Å². The molecule has 2 aromatic carbocycles. The standard InChI is InChI=1S/C21H23BrN2O2S/c22-16-6-8-17(9-7-16)23-20(25)14-27-19-12-10-18(11-13-19)24-21(26)15-4-2-1-3-5-15/h6-13,15H,1-5,14H2,(H,23,25)(H,24,26). The Labute approximate surface area is 172 Å². The van der Waals surface area contributed by atoms with E-state index in [0.29, 0.717) is 5.75 Å². The van der Waals surface area contributed by atoms with Crippen molar-refractivity contribution in [2.45, 2.75) is 37.0 Å². The van der Waals surface area contributed by atoms with Gasteiger partial charge in [-0.15, -0.1) is 11.8 Å². The maximum atomic E-state index is 12.3. The zero-order valence-corrected chi connectivity index (χ0v) is 17.4. The van der Waals surface area contributed by atoms with E-state index in [4.69, 9.17) is 0 Å². The van der Waals surface area contributed by atoms with Crippen LogP contribution in [-0.4, -0.2) is 17.6 Å². The van der Waals surface area contributed by atoms with E-state index >= 15 is 0 Å². The molecule has 1 saturated carbocycles. The number of benzene rings is 2. The summed E-state index contributed by atoms with van der Waals surface area (Å²) in [6, 6.07) is 15.2. The molecule has 4 nitrogen and oxygen atoms in total. The van der Waals surface area contributed by atoms with Gasteiger partial charge in [-0.3, -0.25) is 9.59 Å². The van der Waals surface area contributed by atoms with Gasteiger partial charge in [0, 0.05) is 26.7 Å². The van der Waals surface area contributed by atoms with E-state index in [9.17, 15) is 9.59 Å². The van der Waals surface area contributed by atoms with Gasteiger partial charge in [0.05, 0.1) is 5.75 Å². The maximum Gasteiger partial charge on any atom is 0.234 e. The van der Waals surface area contributed by atoms with Crippen molar-refractivity contribution in [3.05, 3.63) is 53.0 Å². The van der Waals surface area contributed by atoms with Crippen LogP contribution >= 0.6 is 27.7 Å². The lowest BCUT2D eigenvalue weighted by Crippen LogP contribution is -2.24. The van der Waals surface area contributed by atoms with Crippen LogP contribution in [0.1, 0.15) is 32.1 Å². The van der Waals surface area contributed by atoms with E-state index in [1.165, 1.54) is 18.2 Å². The first-order valence-corrected chi connectivity index (χ1v) is 11.0. The molecule has 1 fully saturated rings. The summed E-state index contributed by atoms with van der Waals surface area (Å²) >= 11 is 4.85. The van der Waals surface area contributed by atoms with Gasteiger partial charge in [0.25, 0.3) is 0 Å². The van der Waals surface area contributed by atoms with Crippen LogP contribution in [0.15, 0.2) is 57.9 Å². The fraction of sp³-hybridized carbons (Fsp3) is 0.333. The molecule has 2 aromatic rings. The van der Waals surface area contributed by atoms with E-state index in [1.54, 1.807) is 0 Å². The zero-order valence-electron chi connectivity index (χ0n) is 15.0. The second kappa shape index (κ2) is 9.95. The molecule has 0 aromatic heterocycles.